The van der Waals surface area contributed by atoms with Gasteiger partial charge in [0.25, 0.3) is 9.05 Å². The summed E-state index contributed by atoms with van der Waals surface area (Å²) in [6.07, 6.45) is -0.390. The Morgan fingerprint density at radius 3 is 0.694 bits per heavy atom. The quantitative estimate of drug-likeness (QED) is 0.00579. The number of rotatable bonds is 52. The maximum atomic E-state index is 13.3. The van der Waals surface area contributed by atoms with Gasteiger partial charge in [0.15, 0.2) is 19.7 Å². The fourth-order valence-electron chi connectivity index (χ4n) is 9.09. The zero-order valence-corrected chi connectivity index (χ0v) is 73.9. The lowest BCUT2D eigenvalue weighted by molar-refractivity contribution is -0.144. The first-order valence-electron chi connectivity index (χ1n) is 36.4. The van der Waals surface area contributed by atoms with Crippen molar-refractivity contribution in [3.8, 4) is 0 Å². The molecule has 0 spiro atoms. The normalized spacial score (nSPS) is 11.3. The van der Waals surface area contributed by atoms with Crippen LogP contribution < -0.4 is 22.2 Å². The van der Waals surface area contributed by atoms with Crippen LogP contribution in [0.2, 0.25) is 0 Å². The molecule has 121 heavy (non-hydrogen) atoms. The van der Waals surface area contributed by atoms with Crippen LogP contribution in [0, 0.1) is 38.5 Å². The first kappa shape index (κ1) is 115. The molecule has 3 amide bonds. The van der Waals surface area contributed by atoms with E-state index in [1.54, 1.807) is 36.4 Å². The lowest BCUT2D eigenvalue weighted by Crippen LogP contribution is -2.53. The standard InChI is InChI=1S/C24H36O11S.C21H33N3O11S.C16H29NO9.C7H7ClO2S.C7H8.ClHO3S/c1-19-5-7-20(8-6-19)36(28,29)18-24(15-33-12-9-21(25)30-2,16-34-13-10-22(26)31-3)17-35-14-11-23(27)32-4;1-16-2-4-17(5-3-16)36(31,32)15-21(12-33-9-6-18(25)22-28,13-34-10-7-19(26)23-29)14-35-11-8-20(27)24-30;1-21-13(18)4-7-24-10-16(17,11-25-8-5-14(19)22-2)12-26-9-6-15(20)23-3;1-6-2-4-7(5-3-6)11(8,9)10;1-7-5-3-2-4-6-7;1-5(2,3)4/h5-8H,9-18H2,1-4H3;2-5,28-30H,6-15H2,1H3,(H,22,25)(H,23,26)(H,24,27);4-12,17H2,1-3H3;2-5H,1H3;2-6H,1H3;(H,2,3,4). The number of carbonyl (C=O) groups is 9. The van der Waals surface area contributed by atoms with Gasteiger partial charge in [-0.25, -0.2) is 41.7 Å². The molecule has 0 aliphatic heterocycles. The van der Waals surface area contributed by atoms with Gasteiger partial charge in [0, 0.05) is 21.4 Å². The van der Waals surface area contributed by atoms with Crippen LogP contribution in [0.25, 0.3) is 0 Å². The van der Waals surface area contributed by atoms with Gasteiger partial charge in [-0.15, -0.1) is 0 Å². The molecule has 0 aliphatic carbocycles. The van der Waals surface area contributed by atoms with Gasteiger partial charge in [-0.2, -0.15) is 8.42 Å². The Morgan fingerprint density at radius 1 is 0.322 bits per heavy atom. The van der Waals surface area contributed by atoms with Gasteiger partial charge in [-0.1, -0.05) is 89.0 Å². The third-order valence-electron chi connectivity index (χ3n) is 15.5. The molecule has 0 saturated heterocycles. The molecule has 46 heteroatoms. The number of hydrogen-bond acceptors (Lipinski definition) is 36. The minimum atomic E-state index is -4.19. The minimum Gasteiger partial charge on any atom is -0.469 e. The van der Waals surface area contributed by atoms with E-state index in [0.29, 0.717) is 0 Å². The molecule has 0 bridgehead atoms. The Labute approximate surface area is 714 Å². The molecule has 4 aromatic carbocycles. The zero-order valence-electron chi connectivity index (χ0n) is 69.1. The largest absolute Gasteiger partial charge is 0.469 e. The molecule has 0 aromatic heterocycles. The second kappa shape index (κ2) is 64.7. The molecule has 0 heterocycles. The SMILES string of the molecule is COC(=O)CCOCC(COCCC(=O)OC)(COCCC(=O)OC)CS(=O)(=O)c1ccc(C)cc1.COC(=O)CCOCC(N)(COCCC(=O)OC)COCCC(=O)OC.Cc1ccc(S(=O)(=O)CC(COCCC(=O)NO)(COCCC(=O)NO)COCCC(=O)NO)cc1.Cc1ccc(S(=O)(=O)Cl)cc1.Cc1ccccc1.O=S(=O)(O)Cl. The number of hydrogen-bond donors (Lipinski definition) is 8. The molecule has 0 fully saturated rings. The maximum Gasteiger partial charge on any atom is 0.353 e. The van der Waals surface area contributed by atoms with Gasteiger partial charge < -0.3 is 76.8 Å². The second-order valence-electron chi connectivity index (χ2n) is 26.1. The summed E-state index contributed by atoms with van der Waals surface area (Å²) >= 11 is 0. The minimum absolute atomic E-state index is 0.0106. The van der Waals surface area contributed by atoms with Crippen molar-refractivity contribution in [1.29, 1.82) is 0 Å². The molecular formula is C75H114Cl2N4O36S4. The molecule has 0 radical (unpaired) electrons. The Morgan fingerprint density at radius 2 is 0.512 bits per heavy atom. The molecule has 9 N–H and O–H groups in total. The number of sulfone groups is 2. The van der Waals surface area contributed by atoms with Crippen molar-refractivity contribution in [1.82, 2.24) is 16.4 Å². The van der Waals surface area contributed by atoms with Gasteiger partial charge in [0.1, 0.15) is 0 Å². The van der Waals surface area contributed by atoms with Crippen molar-refractivity contribution in [3.05, 3.63) is 125 Å². The third kappa shape index (κ3) is 60.2. The Balaban J connectivity index is 0. The summed E-state index contributed by atoms with van der Waals surface area (Å²) in [4.78, 5) is 102. The van der Waals surface area contributed by atoms with Gasteiger partial charge in [0.2, 0.25) is 17.7 Å². The molecular weight excluding hydrogens is 1730 g/mol. The maximum absolute atomic E-state index is 13.3. The summed E-state index contributed by atoms with van der Waals surface area (Å²) in [5, 5.41) is 25.9. The predicted molar refractivity (Wildman–Crippen MR) is 432 cm³/mol. The number of nitrogens with two attached hydrogens (primary N) is 1. The van der Waals surface area contributed by atoms with Gasteiger partial charge in [0.05, 0.1) is 262 Å². The van der Waals surface area contributed by atoms with Gasteiger partial charge in [-0.05, 0) is 64.1 Å². The number of ether oxygens (including phenoxy) is 15. The monoisotopic (exact) mass is 1840 g/mol. The summed E-state index contributed by atoms with van der Waals surface area (Å²) in [7, 11) is 1.31. The number of aryl methyl sites for hydroxylation is 4. The second-order valence-corrected chi connectivity index (χ2v) is 34.6. The lowest BCUT2D eigenvalue weighted by Gasteiger charge is -2.33. The van der Waals surface area contributed by atoms with E-state index in [9.17, 15) is 68.4 Å². The smallest absolute Gasteiger partial charge is 0.353 e. The van der Waals surface area contributed by atoms with E-state index in [0.717, 1.165) is 16.7 Å². The number of esters is 6. The van der Waals surface area contributed by atoms with Crippen LogP contribution in [0.5, 0.6) is 0 Å². The third-order valence-corrected chi connectivity index (χ3v) is 20.8. The van der Waals surface area contributed by atoms with E-state index in [-0.39, 0.29) is 191 Å². The zero-order chi connectivity index (χ0) is 92.0. The number of amides is 3. The molecule has 0 saturated carbocycles. The van der Waals surface area contributed by atoms with Crippen LogP contribution in [-0.4, -0.2) is 286 Å². The van der Waals surface area contributed by atoms with Crippen LogP contribution in [0.15, 0.2) is 118 Å². The number of benzene rings is 4. The lowest BCUT2D eigenvalue weighted by atomic mass is 9.93. The highest BCUT2D eigenvalue weighted by atomic mass is 35.7. The van der Waals surface area contributed by atoms with Crippen LogP contribution in [0.4, 0.5) is 0 Å². The molecule has 688 valence electrons. The van der Waals surface area contributed by atoms with Crippen molar-refractivity contribution >= 4 is 113 Å². The van der Waals surface area contributed by atoms with E-state index in [4.69, 9.17) is 87.6 Å². The van der Waals surface area contributed by atoms with E-state index in [1.165, 1.54) is 101 Å². The molecule has 0 atom stereocenters. The van der Waals surface area contributed by atoms with Crippen LogP contribution in [0.3, 0.4) is 0 Å². The van der Waals surface area contributed by atoms with Crippen LogP contribution in [-0.2, 0) is 152 Å². The molecule has 40 nitrogen and oxygen atoms in total. The average molecular weight is 1850 g/mol. The van der Waals surface area contributed by atoms with Crippen LogP contribution >= 0.6 is 21.4 Å². The molecule has 0 aliphatic rings. The van der Waals surface area contributed by atoms with Crippen molar-refractivity contribution < 1.29 is 168 Å². The fourth-order valence-corrected chi connectivity index (χ4v) is 13.4. The van der Waals surface area contributed by atoms with Gasteiger partial charge >= 0.3 is 45.1 Å². The van der Waals surface area contributed by atoms with Gasteiger partial charge in [-0.3, -0.25) is 63.3 Å². The topological polar surface area (TPSA) is 572 Å². The molecule has 0 unspecified atom stereocenters. The summed E-state index contributed by atoms with van der Waals surface area (Å²) in [6.45, 7) is 6.53. The first-order chi connectivity index (χ1) is 56.9. The Hall–Kier alpha value is -8.07. The van der Waals surface area contributed by atoms with E-state index in [2.05, 4.69) is 58.2 Å². The Kier molecular flexibility index (Phi) is 61.5. The summed E-state index contributed by atoms with van der Waals surface area (Å²) in [5.41, 5.74) is 11.1. The van der Waals surface area contributed by atoms with E-state index >= 15 is 0 Å². The van der Waals surface area contributed by atoms with E-state index in [1.807, 2.05) is 39.0 Å². The first-order valence-corrected chi connectivity index (χ1v) is 44.3. The highest BCUT2D eigenvalue weighted by Gasteiger charge is 2.40. The number of halogens is 2. The molecule has 4 aromatic rings. The summed E-state index contributed by atoms with van der Waals surface area (Å²) in [5.74, 6) is -5.62. The van der Waals surface area contributed by atoms with Crippen molar-refractivity contribution in [2.24, 2.45) is 16.6 Å². The highest BCUT2D eigenvalue weighted by molar-refractivity contribution is 8.13. The number of methoxy groups -OCH3 is 6. The fraction of sp³-hybridized carbons (Fsp3) is 0.560. The number of nitrogens with one attached hydrogen (secondary N) is 3. The van der Waals surface area contributed by atoms with Crippen molar-refractivity contribution in [2.45, 2.75) is 106 Å². The highest BCUT2D eigenvalue weighted by Crippen LogP contribution is 2.29. The number of hydroxylamine groups is 3. The predicted octanol–water partition coefficient (Wildman–Crippen LogP) is 4.35. The van der Waals surface area contributed by atoms with Crippen LogP contribution in [0.1, 0.15) is 80.0 Å². The summed E-state index contributed by atoms with van der Waals surface area (Å²) in [6, 6.07) is 29.3. The van der Waals surface area contributed by atoms with E-state index < -0.39 is 119 Å². The average Bonchev–Trinajstić information content (AvgIpc) is 0.808. The van der Waals surface area contributed by atoms with Crippen molar-refractivity contribution in [3.63, 3.8) is 0 Å². The molecule has 4 rings (SSSR count). The van der Waals surface area contributed by atoms with Crippen molar-refractivity contribution in [2.75, 3.05) is 173 Å². The summed E-state index contributed by atoms with van der Waals surface area (Å²) < 4.78 is 177. The Bertz CT molecular complexity index is 3780. The number of carbonyl (C=O) groups excluding carboxylic acids is 9.